The quantitative estimate of drug-likeness (QED) is 0.629. The van der Waals surface area contributed by atoms with Gasteiger partial charge in [0.15, 0.2) is 0 Å². The molecule has 0 bridgehead atoms. The topological polar surface area (TPSA) is 63.2 Å². The van der Waals surface area contributed by atoms with Crippen LogP contribution in [0.2, 0.25) is 0 Å². The second-order valence-electron chi connectivity index (χ2n) is 7.96. The highest BCUT2D eigenvalue weighted by Crippen LogP contribution is 2.43. The van der Waals surface area contributed by atoms with Gasteiger partial charge in [-0.05, 0) is 44.5 Å². The van der Waals surface area contributed by atoms with E-state index in [1.165, 1.54) is 18.9 Å². The van der Waals surface area contributed by atoms with Gasteiger partial charge >= 0.3 is 6.09 Å². The summed E-state index contributed by atoms with van der Waals surface area (Å²) in [5, 5.41) is 5.74. The van der Waals surface area contributed by atoms with Crippen molar-refractivity contribution in [1.29, 1.82) is 0 Å². The fourth-order valence-corrected chi connectivity index (χ4v) is 4.27. The van der Waals surface area contributed by atoms with Crippen LogP contribution < -0.4 is 5.43 Å². The molecule has 1 amide bonds. The average Bonchev–Trinajstić information content (AvgIpc) is 3.15. The van der Waals surface area contributed by atoms with Gasteiger partial charge in [-0.15, -0.1) is 0 Å². The molecule has 1 heterocycles. The number of carbonyl (C=O) groups is 1. The second kappa shape index (κ2) is 9.23. The van der Waals surface area contributed by atoms with Crippen LogP contribution in [0.5, 0.6) is 0 Å². The van der Waals surface area contributed by atoms with E-state index in [1.807, 2.05) is 30.3 Å². The number of hydroxylamine groups is 2. The molecule has 0 fully saturated rings. The molecule has 0 spiro atoms. The summed E-state index contributed by atoms with van der Waals surface area (Å²) < 4.78 is 33.4. The minimum Gasteiger partial charge on any atom is -0.442 e. The van der Waals surface area contributed by atoms with Crippen LogP contribution in [0.25, 0.3) is 0 Å². The zero-order valence-electron chi connectivity index (χ0n) is 17.8. The first-order valence-corrected chi connectivity index (χ1v) is 10.5. The fourth-order valence-electron chi connectivity index (χ4n) is 3.04. The van der Waals surface area contributed by atoms with E-state index in [0.29, 0.717) is 11.5 Å². The number of hydrazone groups is 1. The van der Waals surface area contributed by atoms with Gasteiger partial charge < -0.3 is 4.74 Å². The van der Waals surface area contributed by atoms with E-state index >= 15 is 0 Å². The van der Waals surface area contributed by atoms with Gasteiger partial charge in [0.25, 0.3) is 0 Å². The van der Waals surface area contributed by atoms with Crippen molar-refractivity contribution in [1.82, 2.24) is 10.5 Å². The van der Waals surface area contributed by atoms with Crippen molar-refractivity contribution in [3.8, 4) is 0 Å². The molecule has 1 unspecified atom stereocenters. The molecule has 31 heavy (non-hydrogen) atoms. The molecule has 2 aromatic rings. The van der Waals surface area contributed by atoms with Crippen molar-refractivity contribution in [3.63, 3.8) is 0 Å². The summed E-state index contributed by atoms with van der Waals surface area (Å²) in [6.45, 7) is 5.49. The Balaban J connectivity index is 1.84. The number of hydrogen-bond acceptors (Lipinski definition) is 6. The van der Waals surface area contributed by atoms with E-state index in [4.69, 9.17) is 9.57 Å². The van der Waals surface area contributed by atoms with Crippen LogP contribution in [-0.4, -0.2) is 35.5 Å². The maximum atomic E-state index is 14.3. The number of nitrogens with one attached hydrogen (secondary N) is 1. The summed E-state index contributed by atoms with van der Waals surface area (Å²) in [5.74, 6) is -1.11. The lowest BCUT2D eigenvalue weighted by atomic mass is 10.0. The summed E-state index contributed by atoms with van der Waals surface area (Å²) in [4.78, 5) is 16.8. The SMILES string of the molecule is CON(CCC1(c2ccccc2)NN=C(c2cc(F)ccc2F)S1)C(=O)OC(C)(C)C. The van der Waals surface area contributed by atoms with E-state index in [0.717, 1.165) is 28.8 Å². The number of thioether (sulfide) groups is 1. The highest BCUT2D eigenvalue weighted by Gasteiger charge is 2.41. The maximum Gasteiger partial charge on any atom is 0.434 e. The Hall–Kier alpha value is -2.65. The molecule has 6 nitrogen and oxygen atoms in total. The third kappa shape index (κ3) is 5.54. The summed E-state index contributed by atoms with van der Waals surface area (Å²) >= 11 is 1.26. The van der Waals surface area contributed by atoms with Crippen molar-refractivity contribution >= 4 is 22.9 Å². The molecule has 0 radical (unpaired) electrons. The number of nitrogens with zero attached hydrogens (tertiary/aromatic N) is 2. The molecule has 1 aliphatic heterocycles. The average molecular weight is 450 g/mol. The van der Waals surface area contributed by atoms with Gasteiger partial charge in [-0.1, -0.05) is 42.1 Å². The fraction of sp³-hybridized carbons (Fsp3) is 0.364. The molecule has 166 valence electrons. The van der Waals surface area contributed by atoms with Gasteiger partial charge in [0.2, 0.25) is 0 Å². The standard InChI is InChI=1S/C22H25F2N3O3S/c1-21(2,3)30-20(28)27(29-4)13-12-22(15-8-6-5-7-9-15)26-25-19(31-22)17-14-16(23)10-11-18(17)24/h5-11,14,26H,12-13H2,1-4H3. The molecule has 9 heteroatoms. The van der Waals surface area contributed by atoms with Crippen molar-refractivity contribution in [2.75, 3.05) is 13.7 Å². The summed E-state index contributed by atoms with van der Waals surface area (Å²) in [5.41, 5.74) is 3.35. The van der Waals surface area contributed by atoms with Crippen LogP contribution in [-0.2, 0) is 14.4 Å². The molecule has 0 saturated heterocycles. The van der Waals surface area contributed by atoms with E-state index < -0.39 is 28.2 Å². The van der Waals surface area contributed by atoms with Crippen LogP contribution in [0.3, 0.4) is 0 Å². The van der Waals surface area contributed by atoms with Crippen molar-refractivity contribution in [2.24, 2.45) is 5.10 Å². The normalized spacial score (nSPS) is 18.3. The van der Waals surface area contributed by atoms with E-state index in [2.05, 4.69) is 10.5 Å². The molecule has 0 aromatic heterocycles. The molecular formula is C22H25F2N3O3S. The monoisotopic (exact) mass is 449 g/mol. The molecule has 3 rings (SSSR count). The number of ether oxygens (including phenoxy) is 1. The Morgan fingerprint density at radius 1 is 1.19 bits per heavy atom. The van der Waals surface area contributed by atoms with Crippen LogP contribution in [0.15, 0.2) is 53.6 Å². The van der Waals surface area contributed by atoms with Gasteiger partial charge in [-0.2, -0.15) is 10.2 Å². The molecule has 0 saturated carbocycles. The largest absolute Gasteiger partial charge is 0.442 e. The number of carbonyl (C=O) groups excluding carboxylic acids is 1. The molecule has 0 aliphatic carbocycles. The van der Waals surface area contributed by atoms with Gasteiger partial charge in [-0.25, -0.2) is 13.6 Å². The Bertz CT molecular complexity index is 966. The maximum absolute atomic E-state index is 14.3. The number of benzene rings is 2. The van der Waals surface area contributed by atoms with Gasteiger partial charge in [0.1, 0.15) is 27.2 Å². The summed E-state index contributed by atoms with van der Waals surface area (Å²) in [6, 6.07) is 12.7. The van der Waals surface area contributed by atoms with Crippen LogP contribution in [0, 0.1) is 11.6 Å². The number of rotatable bonds is 6. The highest BCUT2D eigenvalue weighted by molar-refractivity contribution is 8.15. The van der Waals surface area contributed by atoms with Crippen LogP contribution in [0.1, 0.15) is 38.3 Å². The summed E-state index contributed by atoms with van der Waals surface area (Å²) in [6.07, 6.45) is -0.253. The van der Waals surface area contributed by atoms with Crippen molar-refractivity contribution in [2.45, 2.75) is 37.7 Å². The first-order chi connectivity index (χ1) is 14.6. The Labute approximate surface area is 184 Å². The molecule has 1 aliphatic rings. The lowest BCUT2D eigenvalue weighted by Crippen LogP contribution is -2.41. The molecule has 1 N–H and O–H groups in total. The number of hydrogen-bond donors (Lipinski definition) is 1. The molecule has 1 atom stereocenters. The predicted molar refractivity (Wildman–Crippen MR) is 116 cm³/mol. The predicted octanol–water partition coefficient (Wildman–Crippen LogP) is 5.00. The van der Waals surface area contributed by atoms with Crippen molar-refractivity contribution in [3.05, 3.63) is 71.3 Å². The zero-order chi connectivity index (χ0) is 22.6. The highest BCUT2D eigenvalue weighted by atomic mass is 32.2. The Morgan fingerprint density at radius 3 is 2.55 bits per heavy atom. The Kier molecular flexibility index (Phi) is 6.86. The number of amides is 1. The lowest BCUT2D eigenvalue weighted by molar-refractivity contribution is -0.125. The third-order valence-corrected chi connectivity index (χ3v) is 5.88. The minimum atomic E-state index is -0.811. The zero-order valence-corrected chi connectivity index (χ0v) is 18.6. The van der Waals surface area contributed by atoms with Crippen molar-refractivity contribution < 1.29 is 23.1 Å². The Morgan fingerprint density at radius 2 is 1.90 bits per heavy atom. The van der Waals surface area contributed by atoms with Gasteiger partial charge in [0, 0.05) is 12.0 Å². The first-order valence-electron chi connectivity index (χ1n) is 9.73. The van der Waals surface area contributed by atoms with E-state index in [1.54, 1.807) is 20.8 Å². The number of halogens is 2. The summed E-state index contributed by atoms with van der Waals surface area (Å²) in [7, 11) is 1.39. The third-order valence-electron chi connectivity index (χ3n) is 4.49. The minimum absolute atomic E-state index is 0.0750. The lowest BCUT2D eigenvalue weighted by Gasteiger charge is -2.31. The molecule has 2 aromatic carbocycles. The second-order valence-corrected chi connectivity index (χ2v) is 9.25. The van der Waals surface area contributed by atoms with Gasteiger partial charge in [0.05, 0.1) is 13.7 Å². The van der Waals surface area contributed by atoms with Crippen LogP contribution >= 0.6 is 11.8 Å². The molecular weight excluding hydrogens is 424 g/mol. The van der Waals surface area contributed by atoms with E-state index in [9.17, 15) is 13.6 Å². The van der Waals surface area contributed by atoms with E-state index in [-0.39, 0.29) is 12.1 Å². The smallest absolute Gasteiger partial charge is 0.434 e. The van der Waals surface area contributed by atoms with Crippen LogP contribution in [0.4, 0.5) is 13.6 Å². The van der Waals surface area contributed by atoms with Gasteiger partial charge in [-0.3, -0.25) is 10.3 Å². The first kappa shape index (κ1) is 23.0.